The molecule has 4 N–H and O–H groups in total. The zero-order valence-electron chi connectivity index (χ0n) is 21.7. The summed E-state index contributed by atoms with van der Waals surface area (Å²) in [6.07, 6.45) is -3.68. The molecule has 0 bridgehead atoms. The van der Waals surface area contributed by atoms with Crippen molar-refractivity contribution in [2.75, 3.05) is 13.1 Å². The van der Waals surface area contributed by atoms with Crippen molar-refractivity contribution in [3.63, 3.8) is 0 Å². The molecule has 0 fully saturated rings. The Labute approximate surface area is 218 Å². The number of halogens is 3. The van der Waals surface area contributed by atoms with Gasteiger partial charge >= 0.3 is 12.2 Å². The molecule has 3 amide bonds. The van der Waals surface area contributed by atoms with Crippen molar-refractivity contribution in [2.24, 2.45) is 11.1 Å². The molecule has 0 saturated carbocycles. The number of nitrogens with two attached hydrogens (primary N) is 1. The van der Waals surface area contributed by atoms with Gasteiger partial charge in [0.05, 0.1) is 11.6 Å². The highest BCUT2D eigenvalue weighted by atomic mass is 19.4. The molecule has 3 aromatic rings. The van der Waals surface area contributed by atoms with Crippen molar-refractivity contribution >= 4 is 11.9 Å². The Morgan fingerprint density at radius 2 is 1.89 bits per heavy atom. The average molecular weight is 529 g/mol. The number of alkyl halides is 3. The summed E-state index contributed by atoms with van der Waals surface area (Å²) in [7, 11) is 0. The molecule has 8 nitrogen and oxygen atoms in total. The molecule has 4 rings (SSSR count). The normalized spacial score (nSPS) is 15.8. The Kier molecular flexibility index (Phi) is 7.22. The van der Waals surface area contributed by atoms with Gasteiger partial charge in [0.25, 0.3) is 0 Å². The fraction of sp³-hybridized carbons (Fsp3) is 0.407. The van der Waals surface area contributed by atoms with E-state index in [2.05, 4.69) is 20.5 Å². The predicted molar refractivity (Wildman–Crippen MR) is 136 cm³/mol. The molecule has 1 unspecified atom stereocenters. The number of aryl methyl sites for hydroxylation is 1. The third-order valence-electron chi connectivity index (χ3n) is 6.68. The van der Waals surface area contributed by atoms with Gasteiger partial charge in [-0.25, -0.2) is 4.79 Å². The lowest BCUT2D eigenvalue weighted by atomic mass is 9.73. The minimum atomic E-state index is -4.49. The van der Waals surface area contributed by atoms with Gasteiger partial charge in [0.2, 0.25) is 5.91 Å². The number of nitrogens with zero attached hydrogens (tertiary/aromatic N) is 3. The third kappa shape index (κ3) is 5.51. The van der Waals surface area contributed by atoms with Crippen molar-refractivity contribution in [1.82, 2.24) is 25.4 Å². The summed E-state index contributed by atoms with van der Waals surface area (Å²) in [6.45, 7) is 8.28. The van der Waals surface area contributed by atoms with Crippen LogP contribution in [0.1, 0.15) is 65.5 Å². The summed E-state index contributed by atoms with van der Waals surface area (Å²) in [5.41, 5.74) is 7.01. The van der Waals surface area contributed by atoms with Crippen LogP contribution in [0.15, 0.2) is 36.4 Å². The number of urea groups is 1. The van der Waals surface area contributed by atoms with E-state index in [1.165, 1.54) is 6.07 Å². The Hall–Kier alpha value is -3.89. The van der Waals surface area contributed by atoms with Gasteiger partial charge in [0, 0.05) is 25.1 Å². The molecule has 38 heavy (non-hydrogen) atoms. The molecule has 0 saturated heterocycles. The summed E-state index contributed by atoms with van der Waals surface area (Å²) in [5, 5.41) is 10.8. The van der Waals surface area contributed by atoms with E-state index in [-0.39, 0.29) is 11.6 Å². The second-order valence-electron chi connectivity index (χ2n) is 10.5. The van der Waals surface area contributed by atoms with Crippen LogP contribution in [0, 0.1) is 12.3 Å². The molecule has 2 heterocycles. The molecular weight excluding hydrogens is 497 g/mol. The lowest BCUT2D eigenvalue weighted by Gasteiger charge is -2.45. The lowest BCUT2D eigenvalue weighted by Crippen LogP contribution is -2.50. The molecule has 1 aliphatic heterocycles. The summed E-state index contributed by atoms with van der Waals surface area (Å²) >= 11 is 0. The Morgan fingerprint density at radius 1 is 1.16 bits per heavy atom. The molecule has 0 radical (unpaired) electrons. The van der Waals surface area contributed by atoms with E-state index in [0.29, 0.717) is 54.3 Å². The van der Waals surface area contributed by atoms with Crippen LogP contribution < -0.4 is 11.1 Å². The van der Waals surface area contributed by atoms with Crippen molar-refractivity contribution in [3.05, 3.63) is 70.3 Å². The lowest BCUT2D eigenvalue weighted by molar-refractivity contribution is -0.137. The topological polar surface area (TPSA) is 117 Å². The first-order valence-corrected chi connectivity index (χ1v) is 12.3. The highest BCUT2D eigenvalue weighted by Gasteiger charge is 2.41. The first-order chi connectivity index (χ1) is 17.8. The molecular formula is C27H31F3N6O2. The van der Waals surface area contributed by atoms with Gasteiger partial charge in [-0.1, -0.05) is 39.0 Å². The number of benzene rings is 2. The van der Waals surface area contributed by atoms with Crippen LogP contribution in [0.4, 0.5) is 18.0 Å². The van der Waals surface area contributed by atoms with E-state index in [0.717, 1.165) is 17.7 Å². The number of hydrogen-bond acceptors (Lipinski definition) is 4. The summed E-state index contributed by atoms with van der Waals surface area (Å²) in [6, 6.07) is 7.44. The van der Waals surface area contributed by atoms with Crippen molar-refractivity contribution in [2.45, 2.75) is 52.8 Å². The highest BCUT2D eigenvalue weighted by Crippen LogP contribution is 2.46. The third-order valence-corrected chi connectivity index (χ3v) is 6.68. The zero-order valence-corrected chi connectivity index (χ0v) is 21.7. The Morgan fingerprint density at radius 3 is 2.50 bits per heavy atom. The number of hydrogen-bond donors (Lipinski definition) is 3. The number of aromatic amines is 1. The van der Waals surface area contributed by atoms with Gasteiger partial charge in [-0.05, 0) is 59.2 Å². The van der Waals surface area contributed by atoms with E-state index in [1.807, 2.05) is 20.8 Å². The second kappa shape index (κ2) is 10.1. The number of amides is 3. The quantitative estimate of drug-likeness (QED) is 0.441. The Balaban J connectivity index is 1.74. The maximum atomic E-state index is 13.4. The number of carbonyl (C=O) groups excluding carboxylic acids is 2. The van der Waals surface area contributed by atoms with E-state index in [9.17, 15) is 22.8 Å². The van der Waals surface area contributed by atoms with Crippen LogP contribution in [0.2, 0.25) is 0 Å². The van der Waals surface area contributed by atoms with Crippen LogP contribution in [0.25, 0.3) is 11.1 Å². The SMILES string of the molecule is Cc1nnc(CCNC(=O)N2CCc3c(-c4cccc(C(F)(F)F)c4)ccc(C(N)=O)c3C2C(C)(C)C)[nH]1. The number of nitrogens with one attached hydrogen (secondary N) is 2. The minimum absolute atomic E-state index is 0.255. The Bertz CT molecular complexity index is 1360. The van der Waals surface area contributed by atoms with Crippen LogP contribution in [0.3, 0.4) is 0 Å². The van der Waals surface area contributed by atoms with Crippen LogP contribution in [0.5, 0.6) is 0 Å². The fourth-order valence-corrected chi connectivity index (χ4v) is 5.13. The van der Waals surface area contributed by atoms with Crippen molar-refractivity contribution in [1.29, 1.82) is 0 Å². The zero-order chi connectivity index (χ0) is 27.8. The summed E-state index contributed by atoms with van der Waals surface area (Å²) in [4.78, 5) is 30.6. The highest BCUT2D eigenvalue weighted by molar-refractivity contribution is 5.96. The first kappa shape index (κ1) is 27.2. The molecule has 1 aliphatic rings. The average Bonchev–Trinajstić information content (AvgIpc) is 3.26. The number of aromatic nitrogens is 3. The van der Waals surface area contributed by atoms with Gasteiger partial charge in [-0.15, -0.1) is 10.2 Å². The number of carbonyl (C=O) groups is 2. The molecule has 11 heteroatoms. The summed E-state index contributed by atoms with van der Waals surface area (Å²) < 4.78 is 40.3. The van der Waals surface area contributed by atoms with Gasteiger partial charge in [0.15, 0.2) is 0 Å². The molecule has 1 atom stereocenters. The molecule has 0 aliphatic carbocycles. The predicted octanol–water partition coefficient (Wildman–Crippen LogP) is 4.80. The largest absolute Gasteiger partial charge is 0.416 e. The molecule has 2 aromatic carbocycles. The number of fused-ring (bicyclic) bond motifs is 1. The van der Waals surface area contributed by atoms with Crippen molar-refractivity contribution < 1.29 is 22.8 Å². The first-order valence-electron chi connectivity index (χ1n) is 12.3. The van der Waals surface area contributed by atoms with Gasteiger partial charge < -0.3 is 20.9 Å². The maximum absolute atomic E-state index is 13.4. The molecule has 0 spiro atoms. The van der Waals surface area contributed by atoms with E-state index < -0.39 is 29.1 Å². The smallest absolute Gasteiger partial charge is 0.366 e. The molecule has 1 aromatic heterocycles. The molecule has 202 valence electrons. The van der Waals surface area contributed by atoms with E-state index in [4.69, 9.17) is 5.73 Å². The van der Waals surface area contributed by atoms with Crippen LogP contribution in [-0.2, 0) is 19.0 Å². The summed E-state index contributed by atoms with van der Waals surface area (Å²) in [5.74, 6) is 0.678. The van der Waals surface area contributed by atoms with E-state index >= 15 is 0 Å². The van der Waals surface area contributed by atoms with Gasteiger partial charge in [0.1, 0.15) is 11.6 Å². The standard InChI is InChI=1S/C27H31F3N6O2/c1-15-33-21(35-34-15)10-12-32-25(38)36-13-11-19-18(16-6-5-7-17(14-16)27(28,29)30)8-9-20(24(31)37)22(19)23(36)26(2,3)4/h5-9,14,23H,10-13H2,1-4H3,(H2,31,37)(H,32,38)(H,33,34,35). The number of rotatable bonds is 5. The fourth-order valence-electron chi connectivity index (χ4n) is 5.13. The van der Waals surface area contributed by atoms with Gasteiger partial charge in [-0.2, -0.15) is 13.2 Å². The number of H-pyrrole nitrogens is 1. The van der Waals surface area contributed by atoms with Crippen molar-refractivity contribution in [3.8, 4) is 11.1 Å². The maximum Gasteiger partial charge on any atom is 0.416 e. The van der Waals surface area contributed by atoms with Crippen LogP contribution >= 0.6 is 0 Å². The monoisotopic (exact) mass is 528 g/mol. The van der Waals surface area contributed by atoms with E-state index in [1.54, 1.807) is 30.0 Å². The van der Waals surface area contributed by atoms with Gasteiger partial charge in [-0.3, -0.25) is 4.79 Å². The number of primary amides is 1. The van der Waals surface area contributed by atoms with Crippen LogP contribution in [-0.4, -0.2) is 45.1 Å². The minimum Gasteiger partial charge on any atom is -0.366 e. The second-order valence-corrected chi connectivity index (χ2v) is 10.5.